The predicted molar refractivity (Wildman–Crippen MR) is 67.7 cm³/mol. The van der Waals surface area contributed by atoms with E-state index in [4.69, 9.17) is 0 Å². The van der Waals surface area contributed by atoms with E-state index in [9.17, 15) is 0 Å². The molecule has 18 heavy (non-hydrogen) atoms. The minimum atomic E-state index is 0.855. The number of aromatic amines is 1. The van der Waals surface area contributed by atoms with E-state index in [0.29, 0.717) is 0 Å². The Hall–Kier alpha value is -2.43. The summed E-state index contributed by atoms with van der Waals surface area (Å²) in [6.07, 6.45) is 10.00. The highest BCUT2D eigenvalue weighted by atomic mass is 15.1. The van der Waals surface area contributed by atoms with Crippen LogP contribution in [0.25, 0.3) is 11.5 Å². The SMILES string of the molecule is c1ccc(-c2nccn2CCc2cnc[nH]2)nc1. The first-order valence-electron chi connectivity index (χ1n) is 5.83. The van der Waals surface area contributed by atoms with Crippen molar-refractivity contribution < 1.29 is 0 Å². The van der Waals surface area contributed by atoms with Crippen LogP contribution in [0.4, 0.5) is 0 Å². The van der Waals surface area contributed by atoms with Crippen molar-refractivity contribution in [3.8, 4) is 11.5 Å². The molecule has 0 fully saturated rings. The molecule has 3 aromatic rings. The van der Waals surface area contributed by atoms with E-state index in [2.05, 4.69) is 24.5 Å². The second-order valence-corrected chi connectivity index (χ2v) is 3.99. The monoisotopic (exact) mass is 239 g/mol. The molecule has 0 radical (unpaired) electrons. The van der Waals surface area contributed by atoms with E-state index in [0.717, 1.165) is 30.2 Å². The molecule has 0 saturated carbocycles. The van der Waals surface area contributed by atoms with Gasteiger partial charge in [-0.1, -0.05) is 6.07 Å². The van der Waals surface area contributed by atoms with Gasteiger partial charge < -0.3 is 9.55 Å². The number of imidazole rings is 2. The summed E-state index contributed by atoms with van der Waals surface area (Å²) in [5.41, 5.74) is 2.02. The lowest BCUT2D eigenvalue weighted by Crippen LogP contribution is -2.03. The van der Waals surface area contributed by atoms with E-state index < -0.39 is 0 Å². The van der Waals surface area contributed by atoms with Crippen LogP contribution in [-0.2, 0) is 13.0 Å². The van der Waals surface area contributed by atoms with Crippen molar-refractivity contribution in [2.45, 2.75) is 13.0 Å². The molecule has 5 nitrogen and oxygen atoms in total. The lowest BCUT2D eigenvalue weighted by molar-refractivity contribution is 0.692. The Morgan fingerprint density at radius 2 is 2.17 bits per heavy atom. The summed E-state index contributed by atoms with van der Waals surface area (Å²) >= 11 is 0. The van der Waals surface area contributed by atoms with Gasteiger partial charge in [-0.25, -0.2) is 9.97 Å². The minimum Gasteiger partial charge on any atom is -0.348 e. The van der Waals surface area contributed by atoms with E-state index in [1.54, 1.807) is 18.7 Å². The summed E-state index contributed by atoms with van der Waals surface area (Å²) < 4.78 is 2.10. The number of nitrogens with one attached hydrogen (secondary N) is 1. The quantitative estimate of drug-likeness (QED) is 0.756. The second kappa shape index (κ2) is 4.83. The molecular weight excluding hydrogens is 226 g/mol. The zero-order chi connectivity index (χ0) is 12.2. The summed E-state index contributed by atoms with van der Waals surface area (Å²) in [5.74, 6) is 0.898. The number of H-pyrrole nitrogens is 1. The maximum atomic E-state index is 4.36. The van der Waals surface area contributed by atoms with Crippen LogP contribution in [0, 0.1) is 0 Å². The average Bonchev–Trinajstić information content (AvgIpc) is 3.09. The van der Waals surface area contributed by atoms with Gasteiger partial charge in [-0.05, 0) is 12.1 Å². The number of aromatic nitrogens is 5. The molecule has 90 valence electrons. The summed E-state index contributed by atoms with van der Waals surface area (Å²) in [6.45, 7) is 0.855. The maximum Gasteiger partial charge on any atom is 0.158 e. The highest BCUT2D eigenvalue weighted by Gasteiger charge is 2.06. The first-order chi connectivity index (χ1) is 8.93. The molecule has 0 bridgehead atoms. The van der Waals surface area contributed by atoms with Crippen molar-refractivity contribution in [2.75, 3.05) is 0 Å². The summed E-state index contributed by atoms with van der Waals surface area (Å²) in [4.78, 5) is 15.8. The van der Waals surface area contributed by atoms with Gasteiger partial charge in [0.2, 0.25) is 0 Å². The van der Waals surface area contributed by atoms with Crippen molar-refractivity contribution in [2.24, 2.45) is 0 Å². The minimum absolute atomic E-state index is 0.855. The molecule has 0 spiro atoms. The first kappa shape index (κ1) is 10.7. The second-order valence-electron chi connectivity index (χ2n) is 3.99. The predicted octanol–water partition coefficient (Wildman–Crippen LogP) is 1.91. The third-order valence-electron chi connectivity index (χ3n) is 2.79. The van der Waals surface area contributed by atoms with Crippen LogP contribution in [0.15, 0.2) is 49.3 Å². The molecule has 0 aliphatic carbocycles. The van der Waals surface area contributed by atoms with Crippen molar-refractivity contribution in [1.82, 2.24) is 24.5 Å². The zero-order valence-corrected chi connectivity index (χ0v) is 9.82. The number of aryl methyl sites for hydroxylation is 2. The standard InChI is InChI=1S/C13H13N5/c1-2-5-15-12(3-1)13-16-6-8-18(13)7-4-11-9-14-10-17-11/h1-3,5-6,8-10H,4,7H2,(H,14,17). The van der Waals surface area contributed by atoms with Gasteiger partial charge in [-0.3, -0.25) is 4.98 Å². The fourth-order valence-electron chi connectivity index (χ4n) is 1.88. The first-order valence-corrected chi connectivity index (χ1v) is 5.83. The van der Waals surface area contributed by atoms with E-state index in [1.807, 2.05) is 30.6 Å². The Morgan fingerprint density at radius 3 is 2.94 bits per heavy atom. The van der Waals surface area contributed by atoms with Gasteiger partial charge in [0.1, 0.15) is 5.69 Å². The molecule has 0 saturated heterocycles. The van der Waals surface area contributed by atoms with Gasteiger partial charge in [-0.2, -0.15) is 0 Å². The molecule has 3 aromatic heterocycles. The van der Waals surface area contributed by atoms with Gasteiger partial charge in [0.15, 0.2) is 5.82 Å². The number of nitrogens with zero attached hydrogens (tertiary/aromatic N) is 4. The normalized spacial score (nSPS) is 10.7. The number of hydrogen-bond donors (Lipinski definition) is 1. The Labute approximate surface area is 105 Å². The fraction of sp³-hybridized carbons (Fsp3) is 0.154. The maximum absolute atomic E-state index is 4.36. The van der Waals surface area contributed by atoms with Gasteiger partial charge >= 0.3 is 0 Å². The summed E-state index contributed by atoms with van der Waals surface area (Å²) in [5, 5.41) is 0. The van der Waals surface area contributed by atoms with Crippen molar-refractivity contribution in [3.05, 3.63) is 55.0 Å². The Bertz CT molecular complexity index is 597. The summed E-state index contributed by atoms with van der Waals surface area (Å²) in [7, 11) is 0. The van der Waals surface area contributed by atoms with Crippen LogP contribution in [0.3, 0.4) is 0 Å². The summed E-state index contributed by atoms with van der Waals surface area (Å²) in [6, 6.07) is 5.84. The molecule has 0 atom stereocenters. The molecule has 0 aromatic carbocycles. The van der Waals surface area contributed by atoms with E-state index >= 15 is 0 Å². The lowest BCUT2D eigenvalue weighted by atomic mass is 10.3. The molecular formula is C13H13N5. The van der Waals surface area contributed by atoms with Crippen molar-refractivity contribution in [3.63, 3.8) is 0 Å². The largest absolute Gasteiger partial charge is 0.348 e. The van der Waals surface area contributed by atoms with Crippen LogP contribution in [-0.4, -0.2) is 24.5 Å². The van der Waals surface area contributed by atoms with Gasteiger partial charge in [-0.15, -0.1) is 0 Å². The molecule has 3 rings (SSSR count). The van der Waals surface area contributed by atoms with E-state index in [-0.39, 0.29) is 0 Å². The van der Waals surface area contributed by atoms with Crippen molar-refractivity contribution in [1.29, 1.82) is 0 Å². The Morgan fingerprint density at radius 1 is 1.17 bits per heavy atom. The van der Waals surface area contributed by atoms with Gasteiger partial charge in [0.05, 0.1) is 6.33 Å². The van der Waals surface area contributed by atoms with Gasteiger partial charge in [0, 0.05) is 43.4 Å². The lowest BCUT2D eigenvalue weighted by Gasteiger charge is -2.06. The molecule has 5 heteroatoms. The topological polar surface area (TPSA) is 59.4 Å². The van der Waals surface area contributed by atoms with Crippen LogP contribution in [0.5, 0.6) is 0 Å². The van der Waals surface area contributed by atoms with Crippen LogP contribution in [0.1, 0.15) is 5.69 Å². The van der Waals surface area contributed by atoms with Crippen molar-refractivity contribution >= 4 is 0 Å². The highest BCUT2D eigenvalue weighted by Crippen LogP contribution is 2.14. The number of hydrogen-bond acceptors (Lipinski definition) is 3. The Kier molecular flexibility index (Phi) is 2.87. The molecule has 0 unspecified atom stereocenters. The number of rotatable bonds is 4. The molecule has 0 aliphatic rings. The van der Waals surface area contributed by atoms with Gasteiger partial charge in [0.25, 0.3) is 0 Å². The Balaban J connectivity index is 1.80. The zero-order valence-electron chi connectivity index (χ0n) is 9.82. The molecule has 0 aliphatic heterocycles. The molecule has 0 amide bonds. The molecule has 1 N–H and O–H groups in total. The number of pyridine rings is 1. The molecule has 3 heterocycles. The van der Waals surface area contributed by atoms with Crippen LogP contribution in [0.2, 0.25) is 0 Å². The van der Waals surface area contributed by atoms with Crippen LogP contribution < -0.4 is 0 Å². The smallest absolute Gasteiger partial charge is 0.158 e. The third-order valence-corrected chi connectivity index (χ3v) is 2.79. The average molecular weight is 239 g/mol. The fourth-order valence-corrected chi connectivity index (χ4v) is 1.88. The van der Waals surface area contributed by atoms with Crippen LogP contribution >= 0.6 is 0 Å². The van der Waals surface area contributed by atoms with E-state index in [1.165, 1.54) is 0 Å². The third kappa shape index (κ3) is 2.15. The highest BCUT2D eigenvalue weighted by molar-refractivity contribution is 5.48.